The number of Topliss-reactive ketones (excluding diaryl/α,β-unsaturated/α-hetero) is 1. The van der Waals surface area contributed by atoms with Gasteiger partial charge >= 0.3 is 0 Å². The summed E-state index contributed by atoms with van der Waals surface area (Å²) in [6, 6.07) is 11.3. The lowest BCUT2D eigenvalue weighted by molar-refractivity contribution is -0.120. The first kappa shape index (κ1) is 19.6. The van der Waals surface area contributed by atoms with Crippen molar-refractivity contribution in [3.8, 4) is 5.75 Å². The maximum Gasteiger partial charge on any atom is 0.226 e. The van der Waals surface area contributed by atoms with E-state index in [1.807, 2.05) is 47.2 Å². The molecule has 0 fully saturated rings. The second-order valence-electron chi connectivity index (χ2n) is 5.56. The van der Waals surface area contributed by atoms with Gasteiger partial charge in [0, 0.05) is 17.5 Å². The van der Waals surface area contributed by atoms with Crippen LogP contribution in [0, 0.1) is 0 Å². The summed E-state index contributed by atoms with van der Waals surface area (Å²) in [5, 5.41) is 6.64. The van der Waals surface area contributed by atoms with Crippen LogP contribution in [0.2, 0.25) is 0 Å². The van der Waals surface area contributed by atoms with Crippen molar-refractivity contribution in [1.82, 2.24) is 10.3 Å². The van der Waals surface area contributed by atoms with E-state index in [9.17, 15) is 9.59 Å². The van der Waals surface area contributed by atoms with Crippen LogP contribution < -0.4 is 10.1 Å². The molecule has 8 heteroatoms. The highest BCUT2D eigenvalue weighted by atomic mass is 32.2. The Morgan fingerprint density at radius 2 is 2.04 bits per heavy atom. The number of ether oxygens (including phenoxy) is 1. The zero-order valence-corrected chi connectivity index (χ0v) is 17.1. The lowest BCUT2D eigenvalue weighted by Gasteiger charge is -2.09. The first-order valence-electron chi connectivity index (χ1n) is 8.18. The van der Waals surface area contributed by atoms with Crippen LogP contribution in [0.5, 0.6) is 5.75 Å². The van der Waals surface area contributed by atoms with E-state index in [1.54, 1.807) is 7.11 Å². The molecule has 0 bridgehead atoms. The van der Waals surface area contributed by atoms with Crippen LogP contribution in [-0.4, -0.2) is 29.5 Å². The summed E-state index contributed by atoms with van der Waals surface area (Å²) in [5.74, 6) is 1.10. The van der Waals surface area contributed by atoms with Gasteiger partial charge in [0.05, 0.1) is 29.9 Å². The standard InChI is InChI=1S/C19H18N2O3S3/c1-24-16-6-3-2-5-13(16)10-20-18(23)9-14-11-26-19(21-14)27-12-15(22)17-7-4-8-25-17/h2-8,11H,9-10,12H2,1H3,(H,20,23). The molecule has 140 valence electrons. The number of rotatable bonds is 9. The zero-order chi connectivity index (χ0) is 19.1. The van der Waals surface area contributed by atoms with Crippen LogP contribution in [0.3, 0.4) is 0 Å². The molecule has 0 radical (unpaired) electrons. The monoisotopic (exact) mass is 418 g/mol. The Morgan fingerprint density at radius 3 is 2.81 bits per heavy atom. The van der Waals surface area contributed by atoms with Crippen LogP contribution in [0.4, 0.5) is 0 Å². The summed E-state index contributed by atoms with van der Waals surface area (Å²) in [7, 11) is 1.61. The number of amides is 1. The number of thiazole rings is 1. The third-order valence-corrected chi connectivity index (χ3v) is 6.64. The SMILES string of the molecule is COc1ccccc1CNC(=O)Cc1csc(SCC(=O)c2cccs2)n1. The normalized spacial score (nSPS) is 10.6. The van der Waals surface area contributed by atoms with Crippen LogP contribution in [-0.2, 0) is 17.8 Å². The molecule has 0 saturated heterocycles. The number of benzene rings is 1. The van der Waals surface area contributed by atoms with Gasteiger partial charge in [-0.05, 0) is 17.5 Å². The van der Waals surface area contributed by atoms with Crippen LogP contribution >= 0.6 is 34.4 Å². The first-order valence-corrected chi connectivity index (χ1v) is 10.9. The molecular formula is C19H18N2O3S3. The third-order valence-electron chi connectivity index (χ3n) is 3.66. The largest absolute Gasteiger partial charge is 0.496 e. The molecule has 1 aromatic carbocycles. The number of aromatic nitrogens is 1. The highest BCUT2D eigenvalue weighted by molar-refractivity contribution is 8.01. The molecule has 1 amide bonds. The van der Waals surface area contributed by atoms with Crippen molar-refractivity contribution in [2.75, 3.05) is 12.9 Å². The van der Waals surface area contributed by atoms with Gasteiger partial charge in [-0.1, -0.05) is 36.0 Å². The summed E-state index contributed by atoms with van der Waals surface area (Å²) in [6.07, 6.45) is 0.213. The predicted octanol–water partition coefficient (Wildman–Crippen LogP) is 4.05. The Balaban J connectivity index is 1.47. The fraction of sp³-hybridized carbons (Fsp3) is 0.211. The molecule has 2 heterocycles. The number of para-hydroxylation sites is 1. The van der Waals surface area contributed by atoms with Crippen molar-refractivity contribution in [3.05, 3.63) is 63.3 Å². The topological polar surface area (TPSA) is 68.3 Å². The van der Waals surface area contributed by atoms with Crippen LogP contribution in [0.15, 0.2) is 51.5 Å². The molecule has 2 aromatic heterocycles. The molecule has 3 aromatic rings. The van der Waals surface area contributed by atoms with E-state index in [4.69, 9.17) is 4.74 Å². The summed E-state index contributed by atoms with van der Waals surface area (Å²) in [4.78, 5) is 29.4. The van der Waals surface area contributed by atoms with Gasteiger partial charge in [-0.25, -0.2) is 4.98 Å². The van der Waals surface area contributed by atoms with E-state index in [0.29, 0.717) is 18.0 Å². The summed E-state index contributed by atoms with van der Waals surface area (Å²) in [6.45, 7) is 0.407. The van der Waals surface area contributed by atoms with Gasteiger partial charge in [-0.15, -0.1) is 22.7 Å². The van der Waals surface area contributed by atoms with Crippen molar-refractivity contribution < 1.29 is 14.3 Å². The van der Waals surface area contributed by atoms with E-state index in [2.05, 4.69) is 10.3 Å². The Labute approximate surface area is 169 Å². The van der Waals surface area contributed by atoms with E-state index in [0.717, 1.165) is 20.5 Å². The third kappa shape index (κ3) is 5.66. The van der Waals surface area contributed by atoms with E-state index < -0.39 is 0 Å². The molecule has 0 atom stereocenters. The predicted molar refractivity (Wildman–Crippen MR) is 110 cm³/mol. The second-order valence-corrected chi connectivity index (χ2v) is 8.59. The van der Waals surface area contributed by atoms with Gasteiger partial charge < -0.3 is 10.1 Å². The molecule has 0 saturated carbocycles. The number of nitrogens with zero attached hydrogens (tertiary/aromatic N) is 1. The minimum Gasteiger partial charge on any atom is -0.496 e. The minimum absolute atomic E-state index is 0.0984. The number of ketones is 1. The zero-order valence-electron chi connectivity index (χ0n) is 14.6. The van der Waals surface area contributed by atoms with Gasteiger partial charge in [0.1, 0.15) is 5.75 Å². The number of hydrogen-bond acceptors (Lipinski definition) is 7. The van der Waals surface area contributed by atoms with Crippen LogP contribution in [0.1, 0.15) is 20.9 Å². The molecular weight excluding hydrogens is 400 g/mol. The smallest absolute Gasteiger partial charge is 0.226 e. The average molecular weight is 419 g/mol. The summed E-state index contributed by atoms with van der Waals surface area (Å²) < 4.78 is 6.08. The highest BCUT2D eigenvalue weighted by Gasteiger charge is 2.12. The van der Waals surface area contributed by atoms with Gasteiger partial charge in [0.15, 0.2) is 10.1 Å². The maximum absolute atomic E-state index is 12.2. The average Bonchev–Trinajstić information content (AvgIpc) is 3.37. The number of carbonyl (C=O) groups is 2. The Bertz CT molecular complexity index is 907. The first-order chi connectivity index (χ1) is 13.2. The summed E-state index contributed by atoms with van der Waals surface area (Å²) >= 11 is 4.30. The van der Waals surface area contributed by atoms with Gasteiger partial charge in [0.25, 0.3) is 0 Å². The fourth-order valence-electron chi connectivity index (χ4n) is 2.34. The molecule has 5 nitrogen and oxygen atoms in total. The molecule has 0 unspecified atom stereocenters. The lowest BCUT2D eigenvalue weighted by Crippen LogP contribution is -2.24. The molecule has 0 spiro atoms. The van der Waals surface area contributed by atoms with E-state index >= 15 is 0 Å². The molecule has 0 aliphatic carbocycles. The fourth-order valence-corrected chi connectivity index (χ4v) is 4.83. The second kappa shape index (κ2) is 9.68. The maximum atomic E-state index is 12.2. The Hall–Kier alpha value is -2.16. The number of carbonyl (C=O) groups excluding carboxylic acids is 2. The van der Waals surface area contributed by atoms with Gasteiger partial charge in [-0.3, -0.25) is 9.59 Å². The van der Waals surface area contributed by atoms with Gasteiger partial charge in [-0.2, -0.15) is 0 Å². The van der Waals surface area contributed by atoms with Crippen molar-refractivity contribution in [2.45, 2.75) is 17.3 Å². The van der Waals surface area contributed by atoms with E-state index in [1.165, 1.54) is 34.4 Å². The van der Waals surface area contributed by atoms with Crippen LogP contribution in [0.25, 0.3) is 0 Å². The van der Waals surface area contributed by atoms with E-state index in [-0.39, 0.29) is 18.1 Å². The number of thiophene rings is 1. The Morgan fingerprint density at radius 1 is 1.19 bits per heavy atom. The van der Waals surface area contributed by atoms with Gasteiger partial charge in [0.2, 0.25) is 5.91 Å². The summed E-state index contributed by atoms with van der Waals surface area (Å²) in [5.41, 5.74) is 1.64. The highest BCUT2D eigenvalue weighted by Crippen LogP contribution is 2.24. The Kier molecular flexibility index (Phi) is 7.03. The van der Waals surface area contributed by atoms with Crippen molar-refractivity contribution >= 4 is 46.1 Å². The molecule has 0 aliphatic rings. The number of nitrogens with one attached hydrogen (secondary N) is 1. The van der Waals surface area contributed by atoms with Crippen molar-refractivity contribution in [1.29, 1.82) is 0 Å². The minimum atomic E-state index is -0.0996. The van der Waals surface area contributed by atoms with Crippen molar-refractivity contribution in [3.63, 3.8) is 0 Å². The molecule has 1 N–H and O–H groups in total. The number of hydrogen-bond donors (Lipinski definition) is 1. The molecule has 27 heavy (non-hydrogen) atoms. The number of methoxy groups -OCH3 is 1. The molecule has 0 aliphatic heterocycles. The lowest BCUT2D eigenvalue weighted by atomic mass is 10.2. The van der Waals surface area contributed by atoms with Crippen molar-refractivity contribution in [2.24, 2.45) is 0 Å². The quantitative estimate of drug-likeness (QED) is 0.419. The number of thioether (sulfide) groups is 1. The molecule has 3 rings (SSSR count).